The quantitative estimate of drug-likeness (QED) is 0.231. The second kappa shape index (κ2) is 13.2. The van der Waals surface area contributed by atoms with Gasteiger partial charge in [-0.3, -0.25) is 4.99 Å². The summed E-state index contributed by atoms with van der Waals surface area (Å²) in [7, 11) is 3.94. The van der Waals surface area contributed by atoms with Gasteiger partial charge in [0, 0.05) is 52.6 Å². The maximum Gasteiger partial charge on any atom is 0.190 e. The van der Waals surface area contributed by atoms with Crippen molar-refractivity contribution in [2.24, 2.45) is 10.9 Å². The topological polar surface area (TPSA) is 48.9 Å². The molecule has 0 radical (unpaired) electrons. The average molecular weight is 460 g/mol. The van der Waals surface area contributed by atoms with Gasteiger partial charge in [0.2, 0.25) is 0 Å². The summed E-state index contributed by atoms with van der Waals surface area (Å²) in [5.74, 6) is 1.72. The van der Waals surface area contributed by atoms with Crippen molar-refractivity contribution < 1.29 is 4.74 Å². The third kappa shape index (κ3) is 9.89. The molecular weight excluding hydrogens is 427 g/mol. The van der Waals surface area contributed by atoms with Crippen molar-refractivity contribution in [2.45, 2.75) is 25.7 Å². The van der Waals surface area contributed by atoms with Crippen molar-refractivity contribution in [1.82, 2.24) is 10.6 Å². The number of rotatable bonds is 11. The number of anilines is 1. The molecule has 1 fully saturated rings. The van der Waals surface area contributed by atoms with Crippen LogP contribution >= 0.6 is 24.0 Å². The number of aliphatic imine (C=N–C) groups is 1. The van der Waals surface area contributed by atoms with Gasteiger partial charge in [-0.15, -0.1) is 24.0 Å². The number of guanidine groups is 1. The largest absolute Gasteiger partial charge is 0.381 e. The third-order valence-electron chi connectivity index (χ3n) is 4.19. The van der Waals surface area contributed by atoms with E-state index in [2.05, 4.69) is 51.8 Å². The zero-order valence-electron chi connectivity index (χ0n) is 15.5. The number of benzene rings is 1. The van der Waals surface area contributed by atoms with E-state index < -0.39 is 0 Å². The molecule has 0 saturated heterocycles. The minimum atomic E-state index is 0. The highest BCUT2D eigenvalue weighted by molar-refractivity contribution is 14.0. The van der Waals surface area contributed by atoms with Crippen LogP contribution < -0.4 is 15.5 Å². The lowest BCUT2D eigenvalue weighted by molar-refractivity contribution is 0.123. The van der Waals surface area contributed by atoms with Crippen LogP contribution in [0.5, 0.6) is 0 Å². The molecule has 2 N–H and O–H groups in total. The molecule has 6 heteroatoms. The maximum atomic E-state index is 5.63. The van der Waals surface area contributed by atoms with E-state index in [9.17, 15) is 0 Å². The van der Waals surface area contributed by atoms with Crippen LogP contribution in [0.25, 0.3) is 0 Å². The van der Waals surface area contributed by atoms with E-state index >= 15 is 0 Å². The number of ether oxygens (including phenoxy) is 1. The standard InChI is InChI=1S/C19H32N4O.HI/c1-20-19(22-13-7-15-24-16-17-10-11-17)21-12-6-14-23(2)18-8-4-3-5-9-18;/h3-5,8-9,17H,6-7,10-16H2,1-2H3,(H2,20,21,22);1H. The van der Waals surface area contributed by atoms with E-state index in [0.717, 1.165) is 57.6 Å². The molecule has 5 nitrogen and oxygen atoms in total. The molecule has 25 heavy (non-hydrogen) atoms. The number of para-hydroxylation sites is 1. The highest BCUT2D eigenvalue weighted by atomic mass is 127. The van der Waals surface area contributed by atoms with Crippen LogP contribution in [0.1, 0.15) is 25.7 Å². The normalized spacial score (nSPS) is 13.9. The highest BCUT2D eigenvalue weighted by Gasteiger charge is 2.20. The molecule has 2 rings (SSSR count). The van der Waals surface area contributed by atoms with Crippen LogP contribution in [0.4, 0.5) is 5.69 Å². The van der Waals surface area contributed by atoms with Crippen molar-refractivity contribution in [3.63, 3.8) is 0 Å². The Kier molecular flexibility index (Phi) is 11.6. The van der Waals surface area contributed by atoms with Crippen molar-refractivity contribution in [3.05, 3.63) is 30.3 Å². The number of hydrogen-bond acceptors (Lipinski definition) is 3. The first-order chi connectivity index (χ1) is 11.8. The van der Waals surface area contributed by atoms with Gasteiger partial charge in [0.1, 0.15) is 0 Å². The molecule has 0 unspecified atom stereocenters. The van der Waals surface area contributed by atoms with E-state index in [-0.39, 0.29) is 24.0 Å². The van der Waals surface area contributed by atoms with Crippen molar-refractivity contribution in [3.8, 4) is 0 Å². The smallest absolute Gasteiger partial charge is 0.190 e. The van der Waals surface area contributed by atoms with Gasteiger partial charge in [0.05, 0.1) is 0 Å². The van der Waals surface area contributed by atoms with E-state index in [1.807, 2.05) is 13.1 Å². The minimum absolute atomic E-state index is 0. The summed E-state index contributed by atoms with van der Waals surface area (Å²) in [5.41, 5.74) is 1.26. The molecular formula is C19H33IN4O. The van der Waals surface area contributed by atoms with E-state index in [1.54, 1.807) is 0 Å². The Hall–Kier alpha value is -1.02. The Morgan fingerprint density at radius 2 is 1.84 bits per heavy atom. The fourth-order valence-electron chi connectivity index (χ4n) is 2.47. The molecule has 1 saturated carbocycles. The second-order valence-electron chi connectivity index (χ2n) is 6.41. The van der Waals surface area contributed by atoms with Crippen LogP contribution in [-0.4, -0.2) is 52.9 Å². The Bertz CT molecular complexity index is 480. The van der Waals surface area contributed by atoms with Gasteiger partial charge in [-0.1, -0.05) is 18.2 Å². The molecule has 142 valence electrons. The van der Waals surface area contributed by atoms with Crippen LogP contribution in [-0.2, 0) is 4.74 Å². The predicted molar refractivity (Wildman–Crippen MR) is 117 cm³/mol. The zero-order valence-corrected chi connectivity index (χ0v) is 17.9. The number of hydrogen-bond donors (Lipinski definition) is 2. The number of nitrogens with one attached hydrogen (secondary N) is 2. The van der Waals surface area contributed by atoms with Crippen molar-refractivity contribution >= 4 is 35.6 Å². The molecule has 1 aromatic rings. The molecule has 0 aromatic heterocycles. The Morgan fingerprint density at radius 1 is 1.16 bits per heavy atom. The molecule has 0 heterocycles. The highest BCUT2D eigenvalue weighted by Crippen LogP contribution is 2.28. The summed E-state index contributed by atoms with van der Waals surface area (Å²) in [4.78, 5) is 6.53. The molecule has 1 aromatic carbocycles. The van der Waals surface area contributed by atoms with E-state index in [0.29, 0.717) is 0 Å². The molecule has 1 aliphatic rings. The first-order valence-electron chi connectivity index (χ1n) is 9.08. The lowest BCUT2D eigenvalue weighted by Gasteiger charge is -2.19. The summed E-state index contributed by atoms with van der Waals surface area (Å²) >= 11 is 0. The Labute approximate surface area is 169 Å². The molecule has 0 spiro atoms. The van der Waals surface area contributed by atoms with Crippen molar-refractivity contribution in [1.29, 1.82) is 0 Å². The van der Waals surface area contributed by atoms with Gasteiger partial charge < -0.3 is 20.3 Å². The lowest BCUT2D eigenvalue weighted by atomic mass is 10.3. The third-order valence-corrected chi connectivity index (χ3v) is 4.19. The van der Waals surface area contributed by atoms with Crippen LogP contribution in [0.2, 0.25) is 0 Å². The molecule has 0 atom stereocenters. The number of nitrogens with zero attached hydrogens (tertiary/aromatic N) is 2. The molecule has 1 aliphatic carbocycles. The maximum absolute atomic E-state index is 5.63. The first kappa shape index (κ1) is 22.0. The minimum Gasteiger partial charge on any atom is -0.381 e. The summed E-state index contributed by atoms with van der Waals surface area (Å²) in [6.45, 7) is 4.61. The monoisotopic (exact) mass is 460 g/mol. The van der Waals surface area contributed by atoms with Gasteiger partial charge in [0.25, 0.3) is 0 Å². The lowest BCUT2D eigenvalue weighted by Crippen LogP contribution is -2.39. The Balaban J connectivity index is 0.00000312. The predicted octanol–water partition coefficient (Wildman–Crippen LogP) is 3.11. The summed E-state index contributed by atoms with van der Waals surface area (Å²) in [6.07, 6.45) is 4.79. The average Bonchev–Trinajstić information content (AvgIpc) is 3.44. The van der Waals surface area contributed by atoms with Crippen LogP contribution in [0, 0.1) is 5.92 Å². The van der Waals surface area contributed by atoms with E-state index in [4.69, 9.17) is 4.74 Å². The molecule has 0 aliphatic heterocycles. The molecule has 0 bridgehead atoms. The summed E-state index contributed by atoms with van der Waals surface area (Å²) in [5, 5.41) is 6.71. The fourth-order valence-corrected chi connectivity index (χ4v) is 2.47. The van der Waals surface area contributed by atoms with Gasteiger partial charge >= 0.3 is 0 Å². The van der Waals surface area contributed by atoms with Gasteiger partial charge in [-0.2, -0.15) is 0 Å². The molecule has 0 amide bonds. The van der Waals surface area contributed by atoms with Crippen LogP contribution in [0.15, 0.2) is 35.3 Å². The first-order valence-corrected chi connectivity index (χ1v) is 9.08. The number of halogens is 1. The van der Waals surface area contributed by atoms with E-state index in [1.165, 1.54) is 18.5 Å². The zero-order chi connectivity index (χ0) is 17.0. The van der Waals surface area contributed by atoms with Crippen molar-refractivity contribution in [2.75, 3.05) is 51.8 Å². The summed E-state index contributed by atoms with van der Waals surface area (Å²) < 4.78 is 5.63. The Morgan fingerprint density at radius 3 is 2.48 bits per heavy atom. The van der Waals surface area contributed by atoms with Crippen LogP contribution in [0.3, 0.4) is 0 Å². The fraction of sp³-hybridized carbons (Fsp3) is 0.632. The van der Waals surface area contributed by atoms with Gasteiger partial charge in [0.15, 0.2) is 5.96 Å². The second-order valence-corrected chi connectivity index (χ2v) is 6.41. The van der Waals surface area contributed by atoms with Gasteiger partial charge in [-0.25, -0.2) is 0 Å². The van der Waals surface area contributed by atoms with Gasteiger partial charge in [-0.05, 0) is 43.7 Å². The SMILES string of the molecule is CN=C(NCCCOCC1CC1)NCCCN(C)c1ccccc1.I. The summed E-state index contributed by atoms with van der Waals surface area (Å²) in [6, 6.07) is 10.5.